The van der Waals surface area contributed by atoms with Crippen LogP contribution in [0.2, 0.25) is 5.02 Å². The van der Waals surface area contributed by atoms with Gasteiger partial charge in [-0.15, -0.1) is 0 Å². The summed E-state index contributed by atoms with van der Waals surface area (Å²) in [4.78, 5) is 12.7. The molecular formula is C18H19ClO4S. The van der Waals surface area contributed by atoms with Gasteiger partial charge in [0.2, 0.25) is 0 Å². The minimum atomic E-state index is -1.19. The van der Waals surface area contributed by atoms with E-state index in [1.165, 1.54) is 0 Å². The Balaban J connectivity index is 1.79. The lowest BCUT2D eigenvalue weighted by atomic mass is 10.2. The Hall–Kier alpha value is -1.85. The van der Waals surface area contributed by atoms with Crippen LogP contribution in [-0.2, 0) is 15.5 Å². The van der Waals surface area contributed by atoms with Crippen LogP contribution in [0.3, 0.4) is 0 Å². The quantitative estimate of drug-likeness (QED) is 0.521. The monoisotopic (exact) mass is 366 g/mol. The summed E-state index contributed by atoms with van der Waals surface area (Å²) >= 11 is 5.80. The molecule has 0 fully saturated rings. The molecule has 0 spiro atoms. The van der Waals surface area contributed by atoms with Crippen LogP contribution < -0.4 is 4.74 Å². The fourth-order valence-corrected chi connectivity index (χ4v) is 3.08. The highest BCUT2D eigenvalue weighted by Crippen LogP contribution is 2.16. The van der Waals surface area contributed by atoms with E-state index in [1.807, 2.05) is 6.92 Å². The van der Waals surface area contributed by atoms with E-state index in [0.717, 1.165) is 5.75 Å². The van der Waals surface area contributed by atoms with Crippen molar-refractivity contribution in [1.29, 1.82) is 0 Å². The van der Waals surface area contributed by atoms with Crippen LogP contribution in [0.15, 0.2) is 53.4 Å². The number of hydrogen-bond acceptors (Lipinski definition) is 4. The van der Waals surface area contributed by atoms with Gasteiger partial charge in [-0.05, 0) is 36.4 Å². The lowest BCUT2D eigenvalue weighted by molar-refractivity contribution is 0.0481. The number of ether oxygens (including phenoxy) is 2. The first-order valence-corrected chi connectivity index (χ1v) is 9.34. The number of hydrogen-bond donors (Lipinski definition) is 0. The third kappa shape index (κ3) is 5.35. The molecule has 24 heavy (non-hydrogen) atoms. The lowest BCUT2D eigenvalue weighted by Gasteiger charge is -2.09. The third-order valence-corrected chi connectivity index (χ3v) is 4.84. The van der Waals surface area contributed by atoms with Crippen molar-refractivity contribution in [2.75, 3.05) is 19.0 Å². The molecule has 2 aromatic rings. The van der Waals surface area contributed by atoms with Crippen molar-refractivity contribution in [1.82, 2.24) is 0 Å². The summed E-state index contributed by atoms with van der Waals surface area (Å²) in [5.41, 5.74) is 0.358. The molecule has 128 valence electrons. The topological polar surface area (TPSA) is 52.6 Å². The third-order valence-electron chi connectivity index (χ3n) is 3.22. The molecule has 2 rings (SSSR count). The maximum Gasteiger partial charge on any atom is 0.339 e. The van der Waals surface area contributed by atoms with Crippen molar-refractivity contribution in [2.24, 2.45) is 0 Å². The number of esters is 1. The first-order valence-electron chi connectivity index (χ1n) is 7.64. The van der Waals surface area contributed by atoms with Gasteiger partial charge in [-0.25, -0.2) is 4.79 Å². The Morgan fingerprint density at radius 2 is 1.79 bits per heavy atom. The van der Waals surface area contributed by atoms with E-state index < -0.39 is 16.8 Å². The molecule has 1 atom stereocenters. The van der Waals surface area contributed by atoms with E-state index in [0.29, 0.717) is 34.3 Å². The van der Waals surface area contributed by atoms with Crippen molar-refractivity contribution in [2.45, 2.75) is 18.2 Å². The van der Waals surface area contributed by atoms with Gasteiger partial charge < -0.3 is 9.47 Å². The number of benzene rings is 2. The Labute approximate surface area is 149 Å². The molecule has 0 saturated heterocycles. The lowest BCUT2D eigenvalue weighted by Crippen LogP contribution is -2.12. The van der Waals surface area contributed by atoms with Gasteiger partial charge in [0.15, 0.2) is 0 Å². The second-order valence-electron chi connectivity index (χ2n) is 4.92. The minimum Gasteiger partial charge on any atom is -0.493 e. The van der Waals surface area contributed by atoms with E-state index in [9.17, 15) is 9.00 Å². The van der Waals surface area contributed by atoms with Gasteiger partial charge in [0, 0.05) is 17.2 Å². The Bertz CT molecular complexity index is 700. The zero-order valence-electron chi connectivity index (χ0n) is 13.4. The fourth-order valence-electron chi connectivity index (χ4n) is 2.01. The number of carbonyl (C=O) groups is 1. The minimum absolute atomic E-state index is 0.236. The Morgan fingerprint density at radius 1 is 1.08 bits per heavy atom. The van der Waals surface area contributed by atoms with Gasteiger partial charge in [0.1, 0.15) is 5.75 Å². The maximum absolute atomic E-state index is 12.1. The average Bonchev–Trinajstić information content (AvgIpc) is 2.62. The van der Waals surface area contributed by atoms with Crippen molar-refractivity contribution in [3.05, 3.63) is 59.1 Å². The molecule has 4 nitrogen and oxygen atoms in total. The molecule has 0 heterocycles. The molecule has 0 radical (unpaired) electrons. The Kier molecular flexibility index (Phi) is 7.28. The van der Waals surface area contributed by atoms with Crippen LogP contribution in [0.4, 0.5) is 0 Å². The summed E-state index contributed by atoms with van der Waals surface area (Å²) in [6, 6.07) is 13.9. The Morgan fingerprint density at radius 3 is 2.50 bits per heavy atom. The standard InChI is InChI=1S/C18H19ClO4S/c1-2-24(21)17-7-4-3-6-16(17)18(20)23-13-5-12-22-15-10-8-14(19)9-11-15/h3-4,6-11H,2,5,12-13H2,1H3. The van der Waals surface area contributed by atoms with E-state index in [4.69, 9.17) is 21.1 Å². The molecule has 6 heteroatoms. The molecule has 0 aliphatic carbocycles. The molecule has 0 N–H and O–H groups in total. The highest BCUT2D eigenvalue weighted by molar-refractivity contribution is 7.85. The SMILES string of the molecule is CCS(=O)c1ccccc1C(=O)OCCCOc1ccc(Cl)cc1. The second kappa shape index (κ2) is 9.45. The summed E-state index contributed by atoms with van der Waals surface area (Å²) in [5, 5.41) is 0.652. The highest BCUT2D eigenvalue weighted by Gasteiger charge is 2.15. The average molecular weight is 367 g/mol. The van der Waals surface area contributed by atoms with Crippen LogP contribution in [0.25, 0.3) is 0 Å². The predicted octanol–water partition coefficient (Wildman–Crippen LogP) is 4.09. The van der Waals surface area contributed by atoms with Crippen LogP contribution >= 0.6 is 11.6 Å². The first kappa shape index (κ1) is 18.5. The van der Waals surface area contributed by atoms with Gasteiger partial charge in [-0.1, -0.05) is 30.7 Å². The van der Waals surface area contributed by atoms with E-state index in [1.54, 1.807) is 48.5 Å². The molecule has 0 aromatic heterocycles. The van der Waals surface area contributed by atoms with E-state index in [2.05, 4.69) is 0 Å². The molecule has 0 saturated carbocycles. The van der Waals surface area contributed by atoms with Gasteiger partial charge in [0.05, 0.1) is 34.5 Å². The molecule has 1 unspecified atom stereocenters. The molecule has 0 amide bonds. The summed E-state index contributed by atoms with van der Waals surface area (Å²) in [7, 11) is -1.19. The summed E-state index contributed by atoms with van der Waals surface area (Å²) in [6.45, 7) is 2.48. The molecule has 0 bridgehead atoms. The highest BCUT2D eigenvalue weighted by atomic mass is 35.5. The fraction of sp³-hybridized carbons (Fsp3) is 0.278. The van der Waals surface area contributed by atoms with Crippen molar-refractivity contribution >= 4 is 28.4 Å². The van der Waals surface area contributed by atoms with E-state index >= 15 is 0 Å². The predicted molar refractivity (Wildman–Crippen MR) is 95.2 cm³/mol. The number of halogens is 1. The summed E-state index contributed by atoms with van der Waals surface area (Å²) in [6.07, 6.45) is 0.563. The van der Waals surface area contributed by atoms with Gasteiger partial charge >= 0.3 is 5.97 Å². The molecule has 0 aliphatic heterocycles. The smallest absolute Gasteiger partial charge is 0.339 e. The van der Waals surface area contributed by atoms with Crippen molar-refractivity contribution < 1.29 is 18.5 Å². The largest absolute Gasteiger partial charge is 0.493 e. The zero-order valence-corrected chi connectivity index (χ0v) is 14.9. The van der Waals surface area contributed by atoms with E-state index in [-0.39, 0.29) is 6.61 Å². The summed E-state index contributed by atoms with van der Waals surface area (Å²) < 4.78 is 22.7. The van der Waals surface area contributed by atoms with Crippen LogP contribution in [0.1, 0.15) is 23.7 Å². The van der Waals surface area contributed by atoms with Crippen molar-refractivity contribution in [3.63, 3.8) is 0 Å². The second-order valence-corrected chi connectivity index (χ2v) is 7.07. The van der Waals surface area contributed by atoms with Crippen LogP contribution in [0, 0.1) is 0 Å². The number of rotatable bonds is 8. The summed E-state index contributed by atoms with van der Waals surface area (Å²) in [5.74, 6) is 0.715. The van der Waals surface area contributed by atoms with Crippen molar-refractivity contribution in [3.8, 4) is 5.75 Å². The van der Waals surface area contributed by atoms with Gasteiger partial charge in [0.25, 0.3) is 0 Å². The first-order chi connectivity index (χ1) is 11.6. The normalized spacial score (nSPS) is 11.8. The van der Waals surface area contributed by atoms with Crippen LogP contribution in [0.5, 0.6) is 5.75 Å². The maximum atomic E-state index is 12.1. The molecule has 2 aromatic carbocycles. The zero-order chi connectivity index (χ0) is 17.4. The molecule has 0 aliphatic rings. The van der Waals surface area contributed by atoms with Gasteiger partial charge in [-0.2, -0.15) is 0 Å². The number of carbonyl (C=O) groups excluding carboxylic acids is 1. The van der Waals surface area contributed by atoms with Gasteiger partial charge in [-0.3, -0.25) is 4.21 Å². The van der Waals surface area contributed by atoms with Crippen LogP contribution in [-0.4, -0.2) is 29.1 Å². The molecular weight excluding hydrogens is 348 g/mol.